The van der Waals surface area contributed by atoms with Crippen LogP contribution in [0.4, 0.5) is 35.0 Å². The Kier molecular flexibility index (Phi) is 25.6. The lowest BCUT2D eigenvalue weighted by Crippen LogP contribution is -2.33. The molecule has 2 aliphatic heterocycles. The third kappa shape index (κ3) is 17.8. The van der Waals surface area contributed by atoms with Crippen molar-refractivity contribution in [3.63, 3.8) is 0 Å². The number of halogens is 4. The first-order chi connectivity index (χ1) is 49.6. The van der Waals surface area contributed by atoms with Crippen LogP contribution in [0, 0.1) is 0 Å². The Labute approximate surface area is 609 Å². The largest absolute Gasteiger partial charge is 0.493 e. The number of nitrogen functional groups attached to an aromatic ring is 1. The topological polar surface area (TPSA) is 345 Å². The van der Waals surface area contributed by atoms with E-state index in [0.717, 1.165) is 75.6 Å². The number of rotatable bonds is 19. The summed E-state index contributed by atoms with van der Waals surface area (Å²) in [6.45, 7) is 2.26. The van der Waals surface area contributed by atoms with Crippen molar-refractivity contribution in [1.29, 1.82) is 0 Å². The molecule has 0 saturated carbocycles. The second-order valence-electron chi connectivity index (χ2n) is 22.0. The van der Waals surface area contributed by atoms with E-state index in [2.05, 4.69) is 76.7 Å². The quantitative estimate of drug-likeness (QED) is 0.0323. The van der Waals surface area contributed by atoms with Gasteiger partial charge >= 0.3 is 0 Å². The van der Waals surface area contributed by atoms with Crippen LogP contribution in [0.15, 0.2) is 134 Å². The number of hydrogen-bond acceptors (Lipinski definition) is 27. The number of imidazole rings is 3. The van der Waals surface area contributed by atoms with Gasteiger partial charge in [0.15, 0.2) is 34.5 Å². The lowest BCUT2D eigenvalue weighted by molar-refractivity contribution is 0.255. The first kappa shape index (κ1) is 74.2. The predicted octanol–water partition coefficient (Wildman–Crippen LogP) is 11.5. The van der Waals surface area contributed by atoms with Gasteiger partial charge in [0.25, 0.3) is 0 Å². The van der Waals surface area contributed by atoms with Crippen LogP contribution in [-0.2, 0) is 0 Å². The number of anilines is 6. The third-order valence-corrected chi connectivity index (χ3v) is 17.0. The van der Waals surface area contributed by atoms with Crippen molar-refractivity contribution in [2.75, 3.05) is 112 Å². The van der Waals surface area contributed by atoms with Gasteiger partial charge in [-0.05, 0) is 85.8 Å². The normalized spacial score (nSPS) is 13.7. The number of pyridine rings is 2. The van der Waals surface area contributed by atoms with Crippen LogP contribution in [0.5, 0.6) is 51.7 Å². The van der Waals surface area contributed by atoms with Crippen molar-refractivity contribution in [3.05, 3.63) is 149 Å². The standard InChI is InChI=1S/C24H27N7O4.C19H17ClN6O3.C12H15N3O3.C8H3BrCl2N2.C5H11NO/c1-33-19-9-16(10-20(34-2)22(19)35-3)30-12-21(26-14-30)28-23-17-6-7-25-11-18(17)27-24(29-23)31-8-4-5-15(31)13-32;1-27-14-6-11(7-15(28-2)17(14)29-3)26-9-16(22-10-26)24-18-12-4-5-21-8-13(12)23-19(20)25-18;1-16-9-4-8(15-6-11(13)14-7-15)5-10(17-2)12(9)18-3;9-4-1-2-5-6(3-4)12-8(11)13-7(5)10;7-4-5-2-1-3-6-5/h6-7,9-12,14-15,32H,4-5,8,13H2,1-3H3,(H,27,28,29);4-10H,1-3H3,(H,23,24,25);4-7H,13H2,1-3H3;1-3H;5-7H,1-4H2/t15-;;;;5-/m0...0/s1. The predicted molar refractivity (Wildman–Crippen MR) is 393 cm³/mol. The highest BCUT2D eigenvalue weighted by molar-refractivity contribution is 9.10. The number of aliphatic hydroxyl groups is 2. The Morgan fingerprint density at radius 2 is 0.990 bits per heavy atom. The molecule has 0 unspecified atom stereocenters. The molecule has 4 aromatic carbocycles. The van der Waals surface area contributed by atoms with Crippen LogP contribution < -0.4 is 69.2 Å². The number of benzene rings is 4. The number of nitrogens with two attached hydrogens (primary N) is 1. The van der Waals surface area contributed by atoms with Crippen LogP contribution >= 0.6 is 50.7 Å². The number of ether oxygens (including phenoxy) is 9. The van der Waals surface area contributed by atoms with Crippen molar-refractivity contribution in [2.45, 2.75) is 37.8 Å². The summed E-state index contributed by atoms with van der Waals surface area (Å²) in [5.41, 5.74) is 10.1. The Morgan fingerprint density at radius 3 is 1.43 bits per heavy atom. The second kappa shape index (κ2) is 35.2. The lowest BCUT2D eigenvalue weighted by atomic mass is 10.2. The van der Waals surface area contributed by atoms with E-state index in [0.29, 0.717) is 116 Å². The Hall–Kier alpha value is -10.5. The van der Waals surface area contributed by atoms with Gasteiger partial charge in [-0.2, -0.15) is 9.97 Å². The maximum absolute atomic E-state index is 9.77. The molecule has 14 rings (SSSR count). The van der Waals surface area contributed by atoms with Gasteiger partial charge in [-0.15, -0.1) is 0 Å². The molecule has 534 valence electrons. The first-order valence-electron chi connectivity index (χ1n) is 31.3. The summed E-state index contributed by atoms with van der Waals surface area (Å²) in [6, 6.07) is 20.7. The molecule has 10 heterocycles. The van der Waals surface area contributed by atoms with Crippen LogP contribution in [0.25, 0.3) is 49.8 Å². The molecule has 8 aromatic heterocycles. The minimum atomic E-state index is 0.0104. The number of hydrogen-bond donors (Lipinski definition) is 6. The van der Waals surface area contributed by atoms with E-state index < -0.39 is 0 Å². The maximum atomic E-state index is 9.77. The minimum absolute atomic E-state index is 0.0104. The van der Waals surface area contributed by atoms with Gasteiger partial charge in [0, 0.05) is 82.0 Å². The molecule has 0 bridgehead atoms. The molecule has 2 fully saturated rings. The molecule has 2 atom stereocenters. The molecule has 7 N–H and O–H groups in total. The summed E-state index contributed by atoms with van der Waals surface area (Å²) >= 11 is 20.9. The number of methoxy groups -OCH3 is 9. The average molecular weight is 1520 g/mol. The SMILES string of the molecule is COc1cc(-n2cnc(N)c2)cc(OC)c1OC.COc1cc(-n2cnc(Nc3nc(Cl)nc4cnccc34)c2)cc(OC)c1OC.COc1cc(-n2cnc(Nc3nc(N4CCC[C@H]4CO)nc4cnccc34)c2)cc(OC)c1OC.Clc1nc(Cl)c2ccc(Br)cc2n1.OC[C@@H]1CCCN1. The number of fused-ring (bicyclic) bond motifs is 3. The van der Waals surface area contributed by atoms with Gasteiger partial charge in [0.1, 0.15) is 53.2 Å². The highest BCUT2D eigenvalue weighted by atomic mass is 79.9. The molecule has 0 aliphatic carbocycles. The van der Waals surface area contributed by atoms with Crippen molar-refractivity contribution < 1.29 is 52.8 Å². The molecule has 12 aromatic rings. The molecule has 2 aliphatic rings. The van der Waals surface area contributed by atoms with E-state index in [4.69, 9.17) is 98.2 Å². The van der Waals surface area contributed by atoms with E-state index in [1.807, 2.05) is 93.2 Å². The smallest absolute Gasteiger partial charge is 0.228 e. The number of nitrogens with one attached hydrogen (secondary N) is 3. The highest BCUT2D eigenvalue weighted by Gasteiger charge is 2.28. The summed E-state index contributed by atoms with van der Waals surface area (Å²) in [7, 11) is 14.1. The molecule has 0 amide bonds. The van der Waals surface area contributed by atoms with Gasteiger partial charge in [0.2, 0.25) is 33.8 Å². The molecule has 0 radical (unpaired) electrons. The zero-order valence-corrected chi connectivity index (χ0v) is 60.7. The molecular formula is C68H73BrCl3N19O11. The molecule has 102 heavy (non-hydrogen) atoms. The Bertz CT molecular complexity index is 4740. The fourth-order valence-electron chi connectivity index (χ4n) is 10.9. The van der Waals surface area contributed by atoms with Crippen LogP contribution in [0.2, 0.25) is 15.7 Å². The van der Waals surface area contributed by atoms with Gasteiger partial charge < -0.3 is 93.1 Å². The highest BCUT2D eigenvalue weighted by Crippen LogP contribution is 2.42. The second-order valence-corrected chi connectivity index (χ2v) is 24.0. The fourth-order valence-corrected chi connectivity index (χ4v) is 11.9. The molecule has 30 nitrogen and oxygen atoms in total. The summed E-state index contributed by atoms with van der Waals surface area (Å²) in [5, 5.41) is 31.0. The Morgan fingerprint density at radius 1 is 0.520 bits per heavy atom. The first-order valence-corrected chi connectivity index (χ1v) is 33.2. The molecule has 2 saturated heterocycles. The van der Waals surface area contributed by atoms with E-state index in [1.165, 1.54) is 6.42 Å². The van der Waals surface area contributed by atoms with Gasteiger partial charge in [-0.1, -0.05) is 27.5 Å². The molecular weight excluding hydrogens is 1450 g/mol. The van der Waals surface area contributed by atoms with Crippen LogP contribution in [-0.4, -0.2) is 181 Å². The zero-order valence-electron chi connectivity index (χ0n) is 56.8. The van der Waals surface area contributed by atoms with Crippen molar-refractivity contribution in [2.24, 2.45) is 0 Å². The van der Waals surface area contributed by atoms with Crippen LogP contribution in [0.1, 0.15) is 25.7 Å². The van der Waals surface area contributed by atoms with Gasteiger partial charge in [-0.3, -0.25) is 9.97 Å². The number of nitrogens with zero attached hydrogens (tertiary/aromatic N) is 15. The van der Waals surface area contributed by atoms with Crippen LogP contribution in [0.3, 0.4) is 0 Å². The fraction of sp³-hybridized carbons (Fsp3) is 0.279. The average Bonchev–Trinajstić information content (AvgIpc) is 1.49. The molecule has 0 spiro atoms. The van der Waals surface area contributed by atoms with E-state index in [9.17, 15) is 5.11 Å². The summed E-state index contributed by atoms with van der Waals surface area (Å²) in [4.78, 5) is 49.0. The lowest BCUT2D eigenvalue weighted by Gasteiger charge is -2.23. The monoisotopic (exact) mass is 1520 g/mol. The summed E-state index contributed by atoms with van der Waals surface area (Å²) in [6.07, 6.45) is 21.3. The van der Waals surface area contributed by atoms with E-state index in [-0.39, 0.29) is 23.2 Å². The maximum Gasteiger partial charge on any atom is 0.228 e. The minimum Gasteiger partial charge on any atom is -0.493 e. The third-order valence-electron chi connectivity index (χ3n) is 15.9. The van der Waals surface area contributed by atoms with Crippen molar-refractivity contribution in [3.8, 4) is 68.8 Å². The van der Waals surface area contributed by atoms with E-state index in [1.54, 1.807) is 119 Å². The Balaban J connectivity index is 0.000000149. The van der Waals surface area contributed by atoms with Gasteiger partial charge in [-0.25, -0.2) is 34.9 Å². The zero-order chi connectivity index (χ0) is 72.4. The summed E-state index contributed by atoms with van der Waals surface area (Å²) < 4.78 is 54.7. The van der Waals surface area contributed by atoms with Crippen molar-refractivity contribution in [1.82, 2.24) is 73.8 Å². The number of aliphatic hydroxyl groups excluding tert-OH is 2. The van der Waals surface area contributed by atoms with E-state index >= 15 is 0 Å². The number of aromatic nitrogens is 14. The van der Waals surface area contributed by atoms with Gasteiger partial charge in [0.05, 0.1) is 148 Å². The van der Waals surface area contributed by atoms with Crippen molar-refractivity contribution >= 4 is 118 Å². The summed E-state index contributed by atoms with van der Waals surface area (Å²) in [5.74, 6) is 8.30. The molecule has 34 heteroatoms.